The van der Waals surface area contributed by atoms with Gasteiger partial charge in [-0.1, -0.05) is 218 Å². The highest BCUT2D eigenvalue weighted by molar-refractivity contribution is 7.20. The maximum atomic E-state index is 2.52. The summed E-state index contributed by atoms with van der Waals surface area (Å²) < 4.78 is 4.91. The lowest BCUT2D eigenvalue weighted by Gasteiger charge is -2.34. The predicted octanol–water partition coefficient (Wildman–Crippen LogP) is 14.3. The molecule has 0 saturated heterocycles. The fourth-order valence-electron chi connectivity index (χ4n) is 11.2. The third kappa shape index (κ3) is 6.70. The van der Waals surface area contributed by atoms with Crippen LogP contribution >= 0.6 is 0 Å². The van der Waals surface area contributed by atoms with Gasteiger partial charge in [-0.15, -0.1) is 0 Å². The number of aromatic nitrogens is 2. The van der Waals surface area contributed by atoms with E-state index in [-0.39, 0.29) is 0 Å². The standard InChI is InChI=1S/C66H46N2Si/c1-7-21-47(22-8-1)49-35-39-57(48-23-9-2-10-24-48)59(43-49)50-36-40-64-60(44-50)61-45-52(37-41-65(61)67(64)51-25-11-3-12-26-51)68-63-34-20-19-33-58(63)62-46-56(38-42-66(62)68)69(53-27-13-4-14-28-53,54-29-15-5-16-30-54)55-31-17-6-18-32-55/h1-46H. The SMILES string of the molecule is c1ccc(-c2ccc(-c3ccccc3)c(-c3ccc4c(c3)c3cc(-n5c6ccccc6c6cc([Si](c7ccccc7)(c7ccccc7)c7ccccc7)ccc65)ccc3n4-c3ccccc3)c2)cc1. The van der Waals surface area contributed by atoms with Crippen LogP contribution in [0.4, 0.5) is 0 Å². The van der Waals surface area contributed by atoms with E-state index in [0.29, 0.717) is 0 Å². The molecular formula is C66H46N2Si. The van der Waals surface area contributed by atoms with Crippen LogP contribution in [0.5, 0.6) is 0 Å². The van der Waals surface area contributed by atoms with Gasteiger partial charge in [0, 0.05) is 32.9 Å². The zero-order chi connectivity index (χ0) is 45.7. The van der Waals surface area contributed by atoms with Crippen molar-refractivity contribution in [2.24, 2.45) is 0 Å². The lowest BCUT2D eigenvalue weighted by Crippen LogP contribution is -2.74. The van der Waals surface area contributed by atoms with Crippen molar-refractivity contribution in [3.05, 3.63) is 279 Å². The van der Waals surface area contributed by atoms with E-state index in [1.807, 2.05) is 0 Å². The van der Waals surface area contributed by atoms with Crippen molar-refractivity contribution in [1.82, 2.24) is 9.13 Å². The number of hydrogen-bond acceptors (Lipinski definition) is 0. The highest BCUT2D eigenvalue weighted by Gasteiger charge is 2.41. The maximum Gasteiger partial charge on any atom is 0.179 e. The molecule has 0 amide bonds. The Morgan fingerprint density at radius 3 is 1.29 bits per heavy atom. The van der Waals surface area contributed by atoms with Crippen molar-refractivity contribution in [2.45, 2.75) is 0 Å². The first kappa shape index (κ1) is 40.5. The first-order valence-corrected chi connectivity index (χ1v) is 25.8. The van der Waals surface area contributed by atoms with Crippen molar-refractivity contribution in [2.75, 3.05) is 0 Å². The Kier molecular flexibility index (Phi) is 9.88. The van der Waals surface area contributed by atoms with E-state index in [9.17, 15) is 0 Å². The summed E-state index contributed by atoms with van der Waals surface area (Å²) in [5.74, 6) is 0. The van der Waals surface area contributed by atoms with Crippen molar-refractivity contribution in [3.63, 3.8) is 0 Å². The summed E-state index contributed by atoms with van der Waals surface area (Å²) >= 11 is 0. The van der Waals surface area contributed by atoms with Crippen molar-refractivity contribution in [3.8, 4) is 44.8 Å². The summed E-state index contributed by atoms with van der Waals surface area (Å²) in [7, 11) is -2.77. The third-order valence-corrected chi connectivity index (χ3v) is 19.0. The van der Waals surface area contributed by atoms with Gasteiger partial charge in [-0.2, -0.15) is 0 Å². The van der Waals surface area contributed by atoms with Crippen LogP contribution in [0, 0.1) is 0 Å². The van der Waals surface area contributed by atoms with E-state index in [4.69, 9.17) is 0 Å². The molecule has 0 spiro atoms. The number of para-hydroxylation sites is 2. The van der Waals surface area contributed by atoms with Gasteiger partial charge < -0.3 is 9.13 Å². The van der Waals surface area contributed by atoms with Crippen LogP contribution in [-0.4, -0.2) is 17.2 Å². The molecule has 0 bridgehead atoms. The maximum absolute atomic E-state index is 2.77. The normalized spacial score (nSPS) is 11.8. The number of fused-ring (bicyclic) bond motifs is 6. The average molecular weight is 895 g/mol. The van der Waals surface area contributed by atoms with Crippen LogP contribution in [0.2, 0.25) is 0 Å². The lowest BCUT2D eigenvalue weighted by atomic mass is 9.90. The van der Waals surface area contributed by atoms with Gasteiger partial charge in [-0.3, -0.25) is 0 Å². The van der Waals surface area contributed by atoms with E-state index < -0.39 is 8.07 Å². The molecule has 0 saturated carbocycles. The third-order valence-electron chi connectivity index (χ3n) is 14.3. The lowest BCUT2D eigenvalue weighted by molar-refractivity contribution is 1.17. The van der Waals surface area contributed by atoms with Crippen LogP contribution in [-0.2, 0) is 0 Å². The van der Waals surface area contributed by atoms with Crippen molar-refractivity contribution in [1.29, 1.82) is 0 Å². The van der Waals surface area contributed by atoms with Gasteiger partial charge in [0.05, 0.1) is 22.1 Å². The molecule has 13 rings (SSSR count). The van der Waals surface area contributed by atoms with Crippen LogP contribution in [0.1, 0.15) is 0 Å². The monoisotopic (exact) mass is 894 g/mol. The van der Waals surface area contributed by atoms with Gasteiger partial charge in [0.25, 0.3) is 0 Å². The molecule has 0 aliphatic rings. The smallest absolute Gasteiger partial charge is 0.179 e. The van der Waals surface area contributed by atoms with Gasteiger partial charge in [0.2, 0.25) is 0 Å². The molecular weight excluding hydrogens is 849 g/mol. The van der Waals surface area contributed by atoms with E-state index in [2.05, 4.69) is 288 Å². The Morgan fingerprint density at radius 2 is 0.667 bits per heavy atom. The second-order valence-electron chi connectivity index (χ2n) is 18.0. The summed E-state index contributed by atoms with van der Waals surface area (Å²) in [6.07, 6.45) is 0. The first-order valence-electron chi connectivity index (χ1n) is 23.8. The average Bonchev–Trinajstić information content (AvgIpc) is 3.94. The van der Waals surface area contributed by atoms with Gasteiger partial charge in [0.15, 0.2) is 8.07 Å². The fourth-order valence-corrected chi connectivity index (χ4v) is 16.0. The quantitative estimate of drug-likeness (QED) is 0.101. The number of rotatable bonds is 9. The molecule has 0 N–H and O–H groups in total. The molecule has 0 atom stereocenters. The summed E-state index contributed by atoms with van der Waals surface area (Å²) in [6.45, 7) is 0. The molecule has 324 valence electrons. The summed E-state index contributed by atoms with van der Waals surface area (Å²) in [6, 6.07) is 103. The van der Waals surface area contributed by atoms with Crippen LogP contribution in [0.3, 0.4) is 0 Å². The fraction of sp³-hybridized carbons (Fsp3) is 0. The van der Waals surface area contributed by atoms with Crippen molar-refractivity contribution < 1.29 is 0 Å². The van der Waals surface area contributed by atoms with E-state index in [1.54, 1.807) is 0 Å². The van der Waals surface area contributed by atoms with E-state index in [0.717, 1.165) is 11.4 Å². The molecule has 69 heavy (non-hydrogen) atoms. The number of benzene rings is 11. The molecule has 0 aliphatic carbocycles. The zero-order valence-corrected chi connectivity index (χ0v) is 39.0. The molecule has 0 fully saturated rings. The zero-order valence-electron chi connectivity index (χ0n) is 38.0. The van der Waals surface area contributed by atoms with E-state index in [1.165, 1.54) is 97.7 Å². The Morgan fingerprint density at radius 1 is 0.217 bits per heavy atom. The Hall–Kier alpha value is -8.76. The molecule has 2 nitrogen and oxygen atoms in total. The number of hydrogen-bond donors (Lipinski definition) is 0. The second kappa shape index (κ2) is 16.8. The topological polar surface area (TPSA) is 9.86 Å². The molecule has 3 heteroatoms. The van der Waals surface area contributed by atoms with Crippen LogP contribution in [0.25, 0.3) is 88.4 Å². The Labute approximate surface area is 403 Å². The highest BCUT2D eigenvalue weighted by Crippen LogP contribution is 2.41. The van der Waals surface area contributed by atoms with Crippen molar-refractivity contribution >= 4 is 72.4 Å². The largest absolute Gasteiger partial charge is 0.309 e. The van der Waals surface area contributed by atoms with Gasteiger partial charge >= 0.3 is 0 Å². The summed E-state index contributed by atoms with van der Waals surface area (Å²) in [5.41, 5.74) is 14.2. The summed E-state index contributed by atoms with van der Waals surface area (Å²) in [5, 5.41) is 10.4. The Bertz CT molecular complexity index is 3880. The Balaban J connectivity index is 1.05. The minimum Gasteiger partial charge on any atom is -0.309 e. The molecule has 0 radical (unpaired) electrons. The first-order chi connectivity index (χ1) is 34.2. The molecule has 2 heterocycles. The highest BCUT2D eigenvalue weighted by atomic mass is 28.3. The molecule has 13 aromatic rings. The summed E-state index contributed by atoms with van der Waals surface area (Å²) in [4.78, 5) is 0. The molecule has 0 aliphatic heterocycles. The van der Waals surface area contributed by atoms with Crippen LogP contribution < -0.4 is 20.7 Å². The van der Waals surface area contributed by atoms with Crippen LogP contribution in [0.15, 0.2) is 279 Å². The molecule has 0 unspecified atom stereocenters. The minimum atomic E-state index is -2.77. The van der Waals surface area contributed by atoms with E-state index >= 15 is 0 Å². The molecule has 2 aromatic heterocycles. The second-order valence-corrected chi connectivity index (χ2v) is 21.8. The van der Waals surface area contributed by atoms with Gasteiger partial charge in [-0.25, -0.2) is 0 Å². The van der Waals surface area contributed by atoms with Gasteiger partial charge in [-0.05, 0) is 115 Å². The molecule has 11 aromatic carbocycles. The van der Waals surface area contributed by atoms with Gasteiger partial charge in [0.1, 0.15) is 0 Å². The number of nitrogens with zero attached hydrogens (tertiary/aromatic N) is 2. The predicted molar refractivity (Wildman–Crippen MR) is 295 cm³/mol. The minimum absolute atomic E-state index is 1.13.